The Balaban J connectivity index is 1.19. The van der Waals surface area contributed by atoms with Gasteiger partial charge in [-0.1, -0.05) is 103 Å². The molecule has 2 aliphatic rings. The van der Waals surface area contributed by atoms with E-state index in [9.17, 15) is 0 Å². The van der Waals surface area contributed by atoms with E-state index in [-0.39, 0.29) is 6.71 Å². The lowest BCUT2D eigenvalue weighted by Gasteiger charge is -2.37. The van der Waals surface area contributed by atoms with E-state index in [0.717, 1.165) is 88.3 Å². The normalized spacial score (nSPS) is 13.2. The Hall–Kier alpha value is -6.98. The van der Waals surface area contributed by atoms with Gasteiger partial charge in [0.1, 0.15) is 33.5 Å². The molecule has 0 saturated heterocycles. The molecule has 244 valence electrons. The topological polar surface area (TPSA) is 42.7 Å². The van der Waals surface area contributed by atoms with Crippen molar-refractivity contribution in [2.24, 2.45) is 0 Å². The number of nitrogens with zero attached hydrogens (tertiary/aromatic N) is 1. The van der Waals surface area contributed by atoms with Gasteiger partial charge >= 0.3 is 0 Å². The van der Waals surface area contributed by atoms with E-state index < -0.39 is 0 Å². The maximum atomic E-state index is 6.59. The lowest BCUT2D eigenvalue weighted by Crippen LogP contribution is -2.54. The van der Waals surface area contributed by atoms with E-state index in [1.807, 2.05) is 24.3 Å². The Bertz CT molecular complexity index is 3380. The number of anilines is 3. The van der Waals surface area contributed by atoms with Gasteiger partial charge in [-0.25, -0.2) is 0 Å². The maximum absolute atomic E-state index is 6.59. The first-order valence-electron chi connectivity index (χ1n) is 18.1. The number of benzene rings is 8. The Morgan fingerprint density at radius 3 is 1.83 bits per heavy atom. The fourth-order valence-corrected chi connectivity index (χ4v) is 9.50. The van der Waals surface area contributed by atoms with Crippen molar-refractivity contribution < 1.29 is 13.3 Å². The first-order chi connectivity index (χ1) is 26.3. The summed E-state index contributed by atoms with van der Waals surface area (Å²) in [5.41, 5.74) is 17.5. The molecule has 8 aromatic carbocycles. The summed E-state index contributed by atoms with van der Waals surface area (Å²) >= 11 is 0. The molecule has 0 fully saturated rings. The zero-order valence-electron chi connectivity index (χ0n) is 28.3. The molecule has 53 heavy (non-hydrogen) atoms. The van der Waals surface area contributed by atoms with Crippen LogP contribution in [0.5, 0.6) is 0 Å². The van der Waals surface area contributed by atoms with Crippen molar-refractivity contribution in [2.75, 3.05) is 4.90 Å². The third-order valence-corrected chi connectivity index (χ3v) is 11.7. The number of rotatable bonds is 2. The first-order valence-corrected chi connectivity index (χ1v) is 18.1. The van der Waals surface area contributed by atoms with Gasteiger partial charge in [-0.15, -0.1) is 0 Å². The molecule has 0 atom stereocenters. The average Bonchev–Trinajstić information content (AvgIpc) is 3.97. The summed E-state index contributed by atoms with van der Waals surface area (Å²) in [4.78, 5) is 2.51. The molecule has 5 heterocycles. The number of hydrogen-bond acceptors (Lipinski definition) is 4. The Morgan fingerprint density at radius 1 is 0.377 bits per heavy atom. The second-order valence-electron chi connectivity index (χ2n) is 14.3. The van der Waals surface area contributed by atoms with E-state index in [4.69, 9.17) is 13.3 Å². The third-order valence-electron chi connectivity index (χ3n) is 11.7. The Labute approximate surface area is 303 Å². The molecule has 0 N–H and O–H groups in total. The van der Waals surface area contributed by atoms with Crippen LogP contribution in [0.4, 0.5) is 17.1 Å². The smallest absolute Gasteiger partial charge is 0.248 e. The highest BCUT2D eigenvalue weighted by molar-refractivity contribution is 7.01. The van der Waals surface area contributed by atoms with Crippen LogP contribution in [-0.2, 0) is 0 Å². The molecule has 0 bridgehead atoms. The molecule has 0 unspecified atom stereocenters. The highest BCUT2D eigenvalue weighted by Crippen LogP contribution is 2.50. The van der Waals surface area contributed by atoms with Crippen molar-refractivity contribution in [3.63, 3.8) is 0 Å². The molecule has 11 aromatic rings. The second kappa shape index (κ2) is 9.87. The summed E-state index contributed by atoms with van der Waals surface area (Å²) in [6.07, 6.45) is 0. The van der Waals surface area contributed by atoms with Crippen molar-refractivity contribution in [1.82, 2.24) is 0 Å². The van der Waals surface area contributed by atoms with E-state index in [1.165, 1.54) is 33.2 Å². The quantitative estimate of drug-likeness (QED) is 0.171. The summed E-state index contributed by atoms with van der Waals surface area (Å²) < 4.78 is 19.4. The minimum absolute atomic E-state index is 0.0650. The Kier molecular flexibility index (Phi) is 5.16. The molecule has 5 heteroatoms. The van der Waals surface area contributed by atoms with Crippen LogP contribution >= 0.6 is 0 Å². The van der Waals surface area contributed by atoms with Gasteiger partial charge in [0.2, 0.25) is 6.71 Å². The van der Waals surface area contributed by atoms with Crippen LogP contribution in [0.25, 0.3) is 88.1 Å². The predicted octanol–water partition coefficient (Wildman–Crippen LogP) is 11.3. The van der Waals surface area contributed by atoms with Gasteiger partial charge in [0.05, 0.1) is 22.1 Å². The largest absolute Gasteiger partial charge is 0.456 e. The number of hydrogen-bond donors (Lipinski definition) is 0. The molecule has 13 rings (SSSR count). The molecule has 0 saturated carbocycles. The fourth-order valence-electron chi connectivity index (χ4n) is 9.50. The summed E-state index contributed by atoms with van der Waals surface area (Å²) in [5, 5.41) is 6.67. The average molecular weight is 676 g/mol. The van der Waals surface area contributed by atoms with Crippen molar-refractivity contribution in [3.8, 4) is 22.3 Å². The standard InChI is InChI=1S/C48H26BNO3/c1-5-14-35-29(10-1)34-25-28(27-20-22-42-33(24-27)30-11-2-6-16-39(30)51-42)26-38-47(34)49(35)36-21-23-44-46(32-13-4-8-18-41(32)53-44)48(36)50(38)37-15-9-19-43-45(37)31-12-3-7-17-40(31)52-43/h1-26H. The summed E-state index contributed by atoms with van der Waals surface area (Å²) in [6.45, 7) is 0.0650. The second-order valence-corrected chi connectivity index (χ2v) is 14.3. The first kappa shape index (κ1) is 27.7. The molecule has 0 aliphatic carbocycles. The van der Waals surface area contributed by atoms with Crippen LogP contribution in [0.2, 0.25) is 0 Å². The van der Waals surface area contributed by atoms with Gasteiger partial charge in [-0.3, -0.25) is 0 Å². The third kappa shape index (κ3) is 3.56. The molecule has 4 nitrogen and oxygen atoms in total. The molecular formula is C48H26BNO3. The SMILES string of the molecule is c1ccc2c(c1)B1c3ccc4oc5ccccc5c4c3N(c3cccc4oc5ccccc5c34)c3cc(-c4ccc5oc6ccccc6c5c4)cc-2c31. The zero-order valence-corrected chi connectivity index (χ0v) is 28.3. The monoisotopic (exact) mass is 675 g/mol. The van der Waals surface area contributed by atoms with Crippen LogP contribution in [0.1, 0.15) is 0 Å². The van der Waals surface area contributed by atoms with Crippen LogP contribution in [0.15, 0.2) is 171 Å². The fraction of sp³-hybridized carbons (Fsp3) is 0. The number of para-hydroxylation sites is 3. The molecule has 3 aromatic heterocycles. The van der Waals surface area contributed by atoms with Gasteiger partial charge in [0.25, 0.3) is 0 Å². The van der Waals surface area contributed by atoms with Crippen LogP contribution in [0, 0.1) is 0 Å². The summed E-state index contributed by atoms with van der Waals surface area (Å²) in [5.74, 6) is 0. The lowest BCUT2D eigenvalue weighted by molar-refractivity contribution is 0.668. The number of fused-ring (bicyclic) bond motifs is 15. The Morgan fingerprint density at radius 2 is 1.00 bits per heavy atom. The van der Waals surface area contributed by atoms with Crippen molar-refractivity contribution in [3.05, 3.63) is 158 Å². The van der Waals surface area contributed by atoms with E-state index >= 15 is 0 Å². The zero-order chi connectivity index (χ0) is 34.4. The van der Waals surface area contributed by atoms with Crippen molar-refractivity contribution in [1.29, 1.82) is 0 Å². The lowest BCUT2D eigenvalue weighted by atomic mass is 9.37. The maximum Gasteiger partial charge on any atom is 0.248 e. The van der Waals surface area contributed by atoms with Crippen molar-refractivity contribution >= 4 is 106 Å². The molecule has 2 aliphatic heterocycles. The molecule has 0 spiro atoms. The highest BCUT2D eigenvalue weighted by Gasteiger charge is 2.44. The van der Waals surface area contributed by atoms with Gasteiger partial charge in [0.15, 0.2) is 0 Å². The highest BCUT2D eigenvalue weighted by atomic mass is 16.3. The molecule has 0 amide bonds. The molecule has 0 radical (unpaired) electrons. The van der Waals surface area contributed by atoms with E-state index in [2.05, 4.69) is 138 Å². The number of furan rings is 3. The molecular weight excluding hydrogens is 649 g/mol. The van der Waals surface area contributed by atoms with Crippen LogP contribution in [-0.4, -0.2) is 6.71 Å². The van der Waals surface area contributed by atoms with Crippen LogP contribution in [0.3, 0.4) is 0 Å². The summed E-state index contributed by atoms with van der Waals surface area (Å²) in [7, 11) is 0. The van der Waals surface area contributed by atoms with Gasteiger partial charge in [-0.2, -0.15) is 0 Å². The minimum atomic E-state index is 0.0650. The van der Waals surface area contributed by atoms with Gasteiger partial charge in [-0.05, 0) is 93.8 Å². The minimum Gasteiger partial charge on any atom is -0.456 e. The van der Waals surface area contributed by atoms with E-state index in [1.54, 1.807) is 0 Å². The van der Waals surface area contributed by atoms with Gasteiger partial charge in [0, 0.05) is 27.2 Å². The van der Waals surface area contributed by atoms with Crippen molar-refractivity contribution in [2.45, 2.75) is 0 Å². The van der Waals surface area contributed by atoms with E-state index in [0.29, 0.717) is 0 Å². The van der Waals surface area contributed by atoms with Crippen LogP contribution < -0.4 is 21.3 Å². The van der Waals surface area contributed by atoms with Gasteiger partial charge < -0.3 is 18.2 Å². The summed E-state index contributed by atoms with van der Waals surface area (Å²) in [6, 6.07) is 56.4. The predicted molar refractivity (Wildman–Crippen MR) is 218 cm³/mol.